The smallest absolute Gasteiger partial charge is 0.227 e. The van der Waals surface area contributed by atoms with E-state index in [9.17, 15) is 9.18 Å². The van der Waals surface area contributed by atoms with Gasteiger partial charge in [0.25, 0.3) is 0 Å². The van der Waals surface area contributed by atoms with Crippen molar-refractivity contribution in [2.75, 3.05) is 13.1 Å². The average Bonchev–Trinajstić information content (AvgIpc) is 2.90. The summed E-state index contributed by atoms with van der Waals surface area (Å²) in [5.74, 6) is 0.833. The molecule has 1 aliphatic rings. The number of aryl methyl sites for hydroxylation is 3. The van der Waals surface area contributed by atoms with Gasteiger partial charge in [0.05, 0.1) is 29.1 Å². The van der Waals surface area contributed by atoms with Crippen LogP contribution in [0.25, 0.3) is 5.76 Å². The standard InChI is InChI=1S/C32H36ClFN4O2/c1-19(2)31(25-10-8-11-26(33)17-25)37-40-22(5)30-21(4)35-23(6)36-32(30)24-13-15-38(16-14-24)29(39)18-27-20(3)9-7-12-28(27)34/h7-12,17,19,24H,5,13-16,18H2,1-4,6H3/b37-31+. The SMILES string of the molecule is C=C(O/N=C(/c1cccc(Cl)c1)C(C)C)c1c(C)nc(C)nc1C1CCN(C(=O)Cc2c(C)cccc2F)CC1. The van der Waals surface area contributed by atoms with Crippen LogP contribution < -0.4 is 0 Å². The highest BCUT2D eigenvalue weighted by atomic mass is 35.5. The Morgan fingerprint density at radius 2 is 1.85 bits per heavy atom. The van der Waals surface area contributed by atoms with Gasteiger partial charge in [-0.25, -0.2) is 14.4 Å². The molecule has 40 heavy (non-hydrogen) atoms. The number of carbonyl (C=O) groups excluding carboxylic acids is 1. The molecule has 1 amide bonds. The number of hydrogen-bond acceptors (Lipinski definition) is 5. The maximum atomic E-state index is 14.3. The minimum atomic E-state index is -0.336. The minimum absolute atomic E-state index is 0.0631. The van der Waals surface area contributed by atoms with Crippen LogP contribution in [0.15, 0.2) is 54.2 Å². The maximum Gasteiger partial charge on any atom is 0.227 e. The summed E-state index contributed by atoms with van der Waals surface area (Å²) in [4.78, 5) is 30.1. The molecule has 2 aromatic carbocycles. The van der Waals surface area contributed by atoms with Gasteiger partial charge >= 0.3 is 0 Å². The largest absolute Gasteiger partial charge is 0.357 e. The maximum absolute atomic E-state index is 14.3. The lowest BCUT2D eigenvalue weighted by atomic mass is 9.89. The summed E-state index contributed by atoms with van der Waals surface area (Å²) in [6, 6.07) is 12.4. The second-order valence-corrected chi connectivity index (χ2v) is 11.1. The minimum Gasteiger partial charge on any atom is -0.357 e. The molecule has 8 heteroatoms. The molecule has 0 unspecified atom stereocenters. The van der Waals surface area contributed by atoms with E-state index in [0.29, 0.717) is 35.3 Å². The molecule has 4 rings (SSSR count). The van der Waals surface area contributed by atoms with Crippen molar-refractivity contribution in [1.29, 1.82) is 0 Å². The molecule has 0 N–H and O–H groups in total. The van der Waals surface area contributed by atoms with E-state index in [4.69, 9.17) is 21.4 Å². The van der Waals surface area contributed by atoms with E-state index in [-0.39, 0.29) is 30.0 Å². The lowest BCUT2D eigenvalue weighted by molar-refractivity contribution is -0.131. The lowest BCUT2D eigenvalue weighted by Gasteiger charge is -2.33. The number of halogens is 2. The Hall–Kier alpha value is -3.58. The summed E-state index contributed by atoms with van der Waals surface area (Å²) in [5.41, 5.74) is 5.27. The van der Waals surface area contributed by atoms with Crippen molar-refractivity contribution in [3.05, 3.63) is 99.3 Å². The van der Waals surface area contributed by atoms with Gasteiger partial charge in [-0.05, 0) is 63.3 Å². The summed E-state index contributed by atoms with van der Waals surface area (Å²) >= 11 is 6.21. The van der Waals surface area contributed by atoms with E-state index in [1.807, 2.05) is 69.9 Å². The molecular formula is C32H36ClFN4O2. The van der Waals surface area contributed by atoms with Crippen LogP contribution in [0.1, 0.15) is 72.1 Å². The van der Waals surface area contributed by atoms with Gasteiger partial charge in [0.1, 0.15) is 11.6 Å². The highest BCUT2D eigenvalue weighted by Crippen LogP contribution is 2.34. The molecule has 0 saturated carbocycles. The van der Waals surface area contributed by atoms with Gasteiger partial charge in [-0.2, -0.15) is 0 Å². The second-order valence-electron chi connectivity index (χ2n) is 10.6. The molecule has 0 radical (unpaired) electrons. The van der Waals surface area contributed by atoms with Crippen molar-refractivity contribution in [2.24, 2.45) is 11.1 Å². The molecule has 0 bridgehead atoms. The zero-order valence-corrected chi connectivity index (χ0v) is 24.6. The van der Waals surface area contributed by atoms with E-state index in [2.05, 4.69) is 16.7 Å². The number of likely N-dealkylation sites (tertiary alicyclic amines) is 1. The molecule has 1 aliphatic heterocycles. The Balaban J connectivity index is 1.51. The normalized spacial score (nSPS) is 14.5. The van der Waals surface area contributed by atoms with Crippen molar-refractivity contribution < 1.29 is 14.0 Å². The lowest BCUT2D eigenvalue weighted by Crippen LogP contribution is -2.39. The monoisotopic (exact) mass is 562 g/mol. The summed E-state index contributed by atoms with van der Waals surface area (Å²) in [7, 11) is 0. The van der Waals surface area contributed by atoms with Crippen LogP contribution in [0, 0.1) is 32.5 Å². The van der Waals surface area contributed by atoms with Gasteiger partial charge in [0.15, 0.2) is 5.76 Å². The van der Waals surface area contributed by atoms with Crippen LogP contribution in [0.2, 0.25) is 5.02 Å². The molecule has 1 aromatic heterocycles. The summed E-state index contributed by atoms with van der Waals surface area (Å²) in [5, 5.41) is 5.10. The Labute approximate surface area is 240 Å². The van der Waals surface area contributed by atoms with Crippen LogP contribution >= 0.6 is 11.6 Å². The Morgan fingerprint density at radius 1 is 1.15 bits per heavy atom. The first-order chi connectivity index (χ1) is 19.0. The third-order valence-electron chi connectivity index (χ3n) is 7.35. The van der Waals surface area contributed by atoms with E-state index in [1.165, 1.54) is 6.07 Å². The van der Waals surface area contributed by atoms with Crippen molar-refractivity contribution in [3.63, 3.8) is 0 Å². The van der Waals surface area contributed by atoms with Gasteiger partial charge in [-0.3, -0.25) is 4.79 Å². The van der Waals surface area contributed by atoms with Gasteiger partial charge in [0, 0.05) is 35.2 Å². The van der Waals surface area contributed by atoms with Gasteiger partial charge in [-0.1, -0.05) is 61.4 Å². The van der Waals surface area contributed by atoms with E-state index in [1.54, 1.807) is 6.07 Å². The van der Waals surface area contributed by atoms with Crippen LogP contribution in [0.4, 0.5) is 4.39 Å². The Morgan fingerprint density at radius 3 is 2.50 bits per heavy atom. The van der Waals surface area contributed by atoms with Crippen LogP contribution in [0.5, 0.6) is 0 Å². The zero-order valence-electron chi connectivity index (χ0n) is 23.8. The van der Waals surface area contributed by atoms with Crippen LogP contribution in [-0.4, -0.2) is 39.6 Å². The number of hydrogen-bond donors (Lipinski definition) is 0. The molecule has 3 aromatic rings. The first kappa shape index (κ1) is 29.4. The fourth-order valence-corrected chi connectivity index (χ4v) is 5.41. The summed E-state index contributed by atoms with van der Waals surface area (Å²) in [6.45, 7) is 15.0. The number of aromatic nitrogens is 2. The van der Waals surface area contributed by atoms with E-state index < -0.39 is 0 Å². The third kappa shape index (κ3) is 6.76. The van der Waals surface area contributed by atoms with Crippen molar-refractivity contribution >= 4 is 29.0 Å². The molecular weight excluding hydrogens is 527 g/mol. The average molecular weight is 563 g/mol. The summed E-state index contributed by atoms with van der Waals surface area (Å²) in [6.07, 6.45) is 1.51. The van der Waals surface area contributed by atoms with Crippen LogP contribution in [-0.2, 0) is 16.1 Å². The third-order valence-corrected chi connectivity index (χ3v) is 7.58. The second kappa shape index (κ2) is 12.7. The molecule has 210 valence electrons. The molecule has 1 saturated heterocycles. The molecule has 0 spiro atoms. The number of rotatable bonds is 8. The first-order valence-corrected chi connectivity index (χ1v) is 14.0. The molecule has 2 heterocycles. The first-order valence-electron chi connectivity index (χ1n) is 13.6. The number of carbonyl (C=O) groups is 1. The van der Waals surface area contributed by atoms with Gasteiger partial charge in [-0.15, -0.1) is 0 Å². The fourth-order valence-electron chi connectivity index (χ4n) is 5.22. The predicted molar refractivity (Wildman–Crippen MR) is 158 cm³/mol. The molecule has 1 fully saturated rings. The summed E-state index contributed by atoms with van der Waals surface area (Å²) < 4.78 is 14.3. The topological polar surface area (TPSA) is 67.7 Å². The van der Waals surface area contributed by atoms with Crippen molar-refractivity contribution in [2.45, 2.75) is 59.8 Å². The van der Waals surface area contributed by atoms with Gasteiger partial charge < -0.3 is 9.74 Å². The number of piperidine rings is 1. The van der Waals surface area contributed by atoms with Crippen LogP contribution in [0.3, 0.4) is 0 Å². The molecule has 0 aliphatic carbocycles. The van der Waals surface area contributed by atoms with E-state index in [0.717, 1.165) is 46.6 Å². The fraction of sp³-hybridized carbons (Fsp3) is 0.375. The number of amides is 1. The van der Waals surface area contributed by atoms with Crippen molar-refractivity contribution in [3.8, 4) is 0 Å². The molecule has 6 nitrogen and oxygen atoms in total. The number of nitrogens with zero attached hydrogens (tertiary/aromatic N) is 4. The number of oxime groups is 1. The Kier molecular flexibility index (Phi) is 9.36. The highest BCUT2D eigenvalue weighted by Gasteiger charge is 2.29. The zero-order chi connectivity index (χ0) is 29.0. The highest BCUT2D eigenvalue weighted by molar-refractivity contribution is 6.31. The van der Waals surface area contributed by atoms with Gasteiger partial charge in [0.2, 0.25) is 5.91 Å². The quantitative estimate of drug-likeness (QED) is 0.165. The number of benzene rings is 2. The van der Waals surface area contributed by atoms with E-state index >= 15 is 0 Å². The molecule has 0 atom stereocenters. The predicted octanol–water partition coefficient (Wildman–Crippen LogP) is 7.19. The van der Waals surface area contributed by atoms with Crippen molar-refractivity contribution in [1.82, 2.24) is 14.9 Å². The Bertz CT molecular complexity index is 1420.